The van der Waals surface area contributed by atoms with Crippen LogP contribution in [0, 0.1) is 10.1 Å². The first-order valence-corrected chi connectivity index (χ1v) is 14.5. The molecule has 4 rings (SSSR count). The molecule has 0 atom stereocenters. The highest BCUT2D eigenvalue weighted by Crippen LogP contribution is 2.36. The van der Waals surface area contributed by atoms with Gasteiger partial charge in [0, 0.05) is 42.1 Å². The number of imidazole rings is 1. The van der Waals surface area contributed by atoms with Crippen molar-refractivity contribution < 1.29 is 13.3 Å². The van der Waals surface area contributed by atoms with E-state index in [9.17, 15) is 18.5 Å². The quantitative estimate of drug-likeness (QED) is 0.103. The molecule has 0 spiro atoms. The van der Waals surface area contributed by atoms with Crippen molar-refractivity contribution in [2.45, 2.75) is 36.4 Å². The Morgan fingerprint density at radius 1 is 0.946 bits per heavy atom. The summed E-state index contributed by atoms with van der Waals surface area (Å²) in [6.45, 7) is 3.14. The predicted molar refractivity (Wildman–Crippen MR) is 147 cm³/mol. The zero-order valence-corrected chi connectivity index (χ0v) is 22.0. The summed E-state index contributed by atoms with van der Waals surface area (Å²) in [4.78, 5) is 15.3. The second kappa shape index (κ2) is 12.2. The van der Waals surface area contributed by atoms with Gasteiger partial charge in [-0.05, 0) is 18.6 Å². The Morgan fingerprint density at radius 3 is 2.16 bits per heavy atom. The maximum Gasteiger partial charge on any atom is 0.269 e. The summed E-state index contributed by atoms with van der Waals surface area (Å²) in [6, 6.07) is 25.1. The largest absolute Gasteiger partial charge is 0.318 e. The van der Waals surface area contributed by atoms with Crippen LogP contribution in [0.1, 0.15) is 19.8 Å². The molecule has 0 saturated carbocycles. The third-order valence-electron chi connectivity index (χ3n) is 5.75. The average molecular weight is 537 g/mol. The number of hydrogen-bond donors (Lipinski definition) is 1. The highest BCUT2D eigenvalue weighted by Gasteiger charge is 2.21. The van der Waals surface area contributed by atoms with Crippen LogP contribution in [-0.2, 0) is 16.6 Å². The number of benzene rings is 3. The maximum atomic E-state index is 12.7. The standard InChI is InChI=1S/C27H28N4O4S2/c1-2-3-19-30-26(22-12-8-5-9-13-22)25(21-10-6-4-7-11-21)29-27(30)36-20-18-28-37(34,35)24-16-14-23(15-17-24)31(32)33/h4-17,28H,2-3,18-20H2,1H3. The second-order valence-corrected chi connectivity index (χ2v) is 11.2. The highest BCUT2D eigenvalue weighted by atomic mass is 32.2. The van der Waals surface area contributed by atoms with Crippen LogP contribution in [0.2, 0.25) is 0 Å². The van der Waals surface area contributed by atoms with E-state index in [0.717, 1.165) is 47.1 Å². The van der Waals surface area contributed by atoms with Crippen molar-refractivity contribution in [1.82, 2.24) is 14.3 Å². The number of rotatable bonds is 12. The van der Waals surface area contributed by atoms with Gasteiger partial charge in [0.05, 0.1) is 21.2 Å². The van der Waals surface area contributed by atoms with Gasteiger partial charge < -0.3 is 4.57 Å². The summed E-state index contributed by atoms with van der Waals surface area (Å²) in [5.74, 6) is 0.470. The fourth-order valence-electron chi connectivity index (χ4n) is 3.90. The molecule has 37 heavy (non-hydrogen) atoms. The number of non-ortho nitro benzene ring substituents is 1. The molecule has 4 aromatic rings. The molecule has 8 nitrogen and oxygen atoms in total. The molecule has 0 amide bonds. The third-order valence-corrected chi connectivity index (χ3v) is 8.20. The molecule has 1 N–H and O–H groups in total. The Morgan fingerprint density at radius 2 is 1.57 bits per heavy atom. The minimum Gasteiger partial charge on any atom is -0.318 e. The molecule has 1 heterocycles. The number of hydrogen-bond acceptors (Lipinski definition) is 6. The fraction of sp³-hybridized carbons (Fsp3) is 0.222. The van der Waals surface area contributed by atoms with E-state index in [1.54, 1.807) is 0 Å². The van der Waals surface area contributed by atoms with E-state index in [-0.39, 0.29) is 17.1 Å². The Balaban J connectivity index is 1.56. The van der Waals surface area contributed by atoms with E-state index in [2.05, 4.69) is 28.3 Å². The summed E-state index contributed by atoms with van der Waals surface area (Å²) in [7, 11) is -3.78. The predicted octanol–water partition coefficient (Wildman–Crippen LogP) is 6.00. The van der Waals surface area contributed by atoms with E-state index in [0.29, 0.717) is 5.75 Å². The van der Waals surface area contributed by atoms with Crippen LogP contribution in [0.15, 0.2) is 95.0 Å². The lowest BCUT2D eigenvalue weighted by atomic mass is 10.0. The number of unbranched alkanes of at least 4 members (excludes halogenated alkanes) is 1. The second-order valence-electron chi connectivity index (χ2n) is 8.33. The Kier molecular flexibility index (Phi) is 8.75. The molecule has 0 unspecified atom stereocenters. The molecule has 3 aromatic carbocycles. The smallest absolute Gasteiger partial charge is 0.269 e. The van der Waals surface area contributed by atoms with Gasteiger partial charge in [0.25, 0.3) is 5.69 Å². The number of nitro groups is 1. The first-order chi connectivity index (χ1) is 17.9. The molecule has 0 fully saturated rings. The van der Waals surface area contributed by atoms with Gasteiger partial charge in [-0.15, -0.1) is 0 Å². The Hall–Kier alpha value is -3.47. The number of nitro benzene ring substituents is 1. The molecule has 10 heteroatoms. The van der Waals surface area contributed by atoms with Gasteiger partial charge in [-0.3, -0.25) is 10.1 Å². The van der Waals surface area contributed by atoms with Gasteiger partial charge in [-0.1, -0.05) is 85.8 Å². The Bertz CT molecular complexity index is 1440. The number of nitrogens with zero attached hydrogens (tertiary/aromatic N) is 3. The number of nitrogens with one attached hydrogen (secondary N) is 1. The van der Waals surface area contributed by atoms with Gasteiger partial charge >= 0.3 is 0 Å². The van der Waals surface area contributed by atoms with Gasteiger partial charge in [0.1, 0.15) is 0 Å². The molecule has 0 bridgehead atoms. The van der Waals surface area contributed by atoms with E-state index < -0.39 is 14.9 Å². The van der Waals surface area contributed by atoms with Crippen molar-refractivity contribution in [1.29, 1.82) is 0 Å². The maximum absolute atomic E-state index is 12.7. The molecular weight excluding hydrogens is 508 g/mol. The summed E-state index contributed by atoms with van der Waals surface area (Å²) in [5, 5.41) is 11.7. The van der Waals surface area contributed by atoms with E-state index >= 15 is 0 Å². The summed E-state index contributed by atoms with van der Waals surface area (Å²) < 4.78 is 30.1. The number of thioether (sulfide) groups is 1. The van der Waals surface area contributed by atoms with Gasteiger partial charge in [-0.2, -0.15) is 0 Å². The van der Waals surface area contributed by atoms with E-state index in [1.165, 1.54) is 36.0 Å². The molecule has 1 aromatic heterocycles. The van der Waals surface area contributed by atoms with Crippen molar-refractivity contribution in [3.05, 3.63) is 95.0 Å². The minimum atomic E-state index is -3.78. The average Bonchev–Trinajstić information content (AvgIpc) is 3.29. The van der Waals surface area contributed by atoms with Crippen LogP contribution in [-0.4, -0.2) is 35.2 Å². The molecule has 0 saturated heterocycles. The van der Waals surface area contributed by atoms with Crippen LogP contribution in [0.25, 0.3) is 22.5 Å². The summed E-state index contributed by atoms with van der Waals surface area (Å²) >= 11 is 1.50. The molecule has 0 radical (unpaired) electrons. The summed E-state index contributed by atoms with van der Waals surface area (Å²) in [6.07, 6.45) is 2.02. The lowest BCUT2D eigenvalue weighted by Gasteiger charge is -2.13. The lowest BCUT2D eigenvalue weighted by molar-refractivity contribution is -0.384. The van der Waals surface area contributed by atoms with Crippen molar-refractivity contribution in [2.75, 3.05) is 12.3 Å². The van der Waals surface area contributed by atoms with Gasteiger partial charge in [-0.25, -0.2) is 18.1 Å². The van der Waals surface area contributed by atoms with Crippen LogP contribution < -0.4 is 4.72 Å². The first kappa shape index (κ1) is 26.6. The van der Waals surface area contributed by atoms with E-state index in [1.807, 2.05) is 48.5 Å². The molecule has 192 valence electrons. The SMILES string of the molecule is CCCCn1c(SCCNS(=O)(=O)c2ccc([N+](=O)[O-])cc2)nc(-c2ccccc2)c1-c1ccccc1. The lowest BCUT2D eigenvalue weighted by Crippen LogP contribution is -2.26. The zero-order chi connectivity index (χ0) is 26.3. The van der Waals surface area contributed by atoms with Crippen molar-refractivity contribution in [3.63, 3.8) is 0 Å². The topological polar surface area (TPSA) is 107 Å². The van der Waals surface area contributed by atoms with Gasteiger partial charge in [0.2, 0.25) is 10.0 Å². The first-order valence-electron chi connectivity index (χ1n) is 12.0. The van der Waals surface area contributed by atoms with Crippen LogP contribution in [0.5, 0.6) is 0 Å². The summed E-state index contributed by atoms with van der Waals surface area (Å²) in [5.41, 5.74) is 3.90. The molecular formula is C27H28N4O4S2. The van der Waals surface area contributed by atoms with Gasteiger partial charge in [0.15, 0.2) is 5.16 Å². The number of aromatic nitrogens is 2. The molecule has 0 aliphatic heterocycles. The van der Waals surface area contributed by atoms with Crippen LogP contribution in [0.3, 0.4) is 0 Å². The third kappa shape index (κ3) is 6.46. The monoisotopic (exact) mass is 536 g/mol. The zero-order valence-electron chi connectivity index (χ0n) is 20.4. The van der Waals surface area contributed by atoms with Crippen LogP contribution in [0.4, 0.5) is 5.69 Å². The normalized spacial score (nSPS) is 11.5. The number of sulfonamides is 1. The van der Waals surface area contributed by atoms with Crippen molar-refractivity contribution >= 4 is 27.5 Å². The van der Waals surface area contributed by atoms with Crippen LogP contribution >= 0.6 is 11.8 Å². The van der Waals surface area contributed by atoms with Crippen molar-refractivity contribution in [2.24, 2.45) is 0 Å². The minimum absolute atomic E-state index is 0.00901. The molecule has 0 aliphatic rings. The Labute approximate surface area is 221 Å². The van der Waals surface area contributed by atoms with E-state index in [4.69, 9.17) is 4.98 Å². The fourth-order valence-corrected chi connectivity index (χ4v) is 5.94. The molecule has 0 aliphatic carbocycles. The highest BCUT2D eigenvalue weighted by molar-refractivity contribution is 7.99. The van der Waals surface area contributed by atoms with Crippen molar-refractivity contribution in [3.8, 4) is 22.5 Å².